The number of amides is 2. The number of nitrogens with zero attached hydrogens (tertiary/aromatic N) is 2. The Hall–Kier alpha value is -1.87. The molecule has 1 aromatic rings. The summed E-state index contributed by atoms with van der Waals surface area (Å²) in [6.07, 6.45) is 0. The fraction of sp³-hybridized carbons (Fsp3) is 0.545. The number of nitrogen functional groups attached to an aromatic ring is 1. The van der Waals surface area contributed by atoms with E-state index in [-0.39, 0.29) is 24.2 Å². The minimum Gasteiger partial charge on any atom is -0.382 e. The van der Waals surface area contributed by atoms with Crippen molar-refractivity contribution in [3.8, 4) is 0 Å². The lowest BCUT2D eigenvalue weighted by Gasteiger charge is -2.33. The number of nitrogens with one attached hydrogen (secondary N) is 2. The van der Waals surface area contributed by atoms with Gasteiger partial charge < -0.3 is 26.0 Å². The Balaban J connectivity index is 2.25. The highest BCUT2D eigenvalue weighted by atomic mass is 32.1. The van der Waals surface area contributed by atoms with Crippen LogP contribution >= 0.6 is 11.3 Å². The number of ether oxygens (including phenoxy) is 1. The standard InChI is InChI=1S/C11H17N5O3S/c1-13-9(17)6-5-19-4-3-16(6)10(18)7-8(12)15-11(14-2)20-7/h6H,3-5,12H2,1-2H3,(H,13,17)(H,14,15). The molecule has 1 aliphatic rings. The van der Waals surface area contributed by atoms with E-state index in [1.54, 1.807) is 7.05 Å². The van der Waals surface area contributed by atoms with E-state index in [1.807, 2.05) is 0 Å². The monoisotopic (exact) mass is 299 g/mol. The molecule has 0 aliphatic carbocycles. The number of carbonyl (C=O) groups excluding carboxylic acids is 2. The molecule has 8 nitrogen and oxygen atoms in total. The van der Waals surface area contributed by atoms with Gasteiger partial charge in [-0.3, -0.25) is 9.59 Å². The second-order valence-corrected chi connectivity index (χ2v) is 5.19. The van der Waals surface area contributed by atoms with Crippen molar-refractivity contribution in [1.82, 2.24) is 15.2 Å². The molecule has 0 saturated carbocycles. The topological polar surface area (TPSA) is 110 Å². The Labute approximate surface area is 120 Å². The second kappa shape index (κ2) is 6.06. The molecule has 1 saturated heterocycles. The number of anilines is 2. The summed E-state index contributed by atoms with van der Waals surface area (Å²) in [5.41, 5.74) is 5.76. The van der Waals surface area contributed by atoms with Gasteiger partial charge >= 0.3 is 0 Å². The number of hydrogen-bond donors (Lipinski definition) is 3. The van der Waals surface area contributed by atoms with E-state index in [4.69, 9.17) is 10.5 Å². The summed E-state index contributed by atoms with van der Waals surface area (Å²) in [4.78, 5) is 30.2. The first-order chi connectivity index (χ1) is 9.58. The zero-order valence-electron chi connectivity index (χ0n) is 11.3. The molecule has 2 amide bonds. The van der Waals surface area contributed by atoms with Gasteiger partial charge in [0.15, 0.2) is 5.13 Å². The van der Waals surface area contributed by atoms with Crippen LogP contribution in [0.2, 0.25) is 0 Å². The van der Waals surface area contributed by atoms with Crippen LogP contribution in [-0.4, -0.2) is 61.6 Å². The maximum Gasteiger partial charge on any atom is 0.268 e. The van der Waals surface area contributed by atoms with Crippen molar-refractivity contribution in [3.63, 3.8) is 0 Å². The lowest BCUT2D eigenvalue weighted by atomic mass is 10.2. The van der Waals surface area contributed by atoms with E-state index in [1.165, 1.54) is 23.3 Å². The Morgan fingerprint density at radius 2 is 2.25 bits per heavy atom. The molecular formula is C11H17N5O3S. The van der Waals surface area contributed by atoms with Gasteiger partial charge in [0.25, 0.3) is 5.91 Å². The lowest BCUT2D eigenvalue weighted by molar-refractivity contribution is -0.130. The van der Waals surface area contributed by atoms with Gasteiger partial charge in [-0.1, -0.05) is 11.3 Å². The molecule has 2 heterocycles. The highest BCUT2D eigenvalue weighted by Gasteiger charge is 2.34. The first-order valence-electron chi connectivity index (χ1n) is 6.12. The van der Waals surface area contributed by atoms with Crippen molar-refractivity contribution in [2.24, 2.45) is 0 Å². The van der Waals surface area contributed by atoms with Crippen LogP contribution in [0.3, 0.4) is 0 Å². The predicted octanol–water partition coefficient (Wildman–Crippen LogP) is -0.646. The fourth-order valence-corrected chi connectivity index (χ4v) is 2.75. The molecule has 1 aliphatic heterocycles. The van der Waals surface area contributed by atoms with Crippen LogP contribution < -0.4 is 16.4 Å². The van der Waals surface area contributed by atoms with Gasteiger partial charge in [0.1, 0.15) is 16.7 Å². The Morgan fingerprint density at radius 3 is 2.85 bits per heavy atom. The summed E-state index contributed by atoms with van der Waals surface area (Å²) in [7, 11) is 3.23. The van der Waals surface area contributed by atoms with E-state index in [0.29, 0.717) is 23.2 Å². The Kier molecular flexibility index (Phi) is 4.40. The molecule has 20 heavy (non-hydrogen) atoms. The smallest absolute Gasteiger partial charge is 0.268 e. The summed E-state index contributed by atoms with van der Waals surface area (Å²) in [6, 6.07) is -0.638. The van der Waals surface area contributed by atoms with Gasteiger partial charge in [-0.15, -0.1) is 0 Å². The second-order valence-electron chi connectivity index (χ2n) is 4.19. The molecule has 0 bridgehead atoms. The van der Waals surface area contributed by atoms with Crippen molar-refractivity contribution >= 4 is 34.1 Å². The normalized spacial score (nSPS) is 18.7. The zero-order valence-corrected chi connectivity index (χ0v) is 12.1. The lowest BCUT2D eigenvalue weighted by Crippen LogP contribution is -2.55. The Morgan fingerprint density at radius 1 is 1.50 bits per heavy atom. The number of likely N-dealkylation sites (N-methyl/N-ethyl adjacent to an activating group) is 1. The van der Waals surface area contributed by atoms with E-state index < -0.39 is 6.04 Å². The quantitative estimate of drug-likeness (QED) is 0.684. The van der Waals surface area contributed by atoms with Gasteiger partial charge in [0.2, 0.25) is 5.91 Å². The molecule has 0 aromatic carbocycles. The van der Waals surface area contributed by atoms with E-state index >= 15 is 0 Å². The van der Waals surface area contributed by atoms with E-state index in [0.717, 1.165) is 0 Å². The Bertz CT molecular complexity index is 518. The number of rotatable bonds is 3. The van der Waals surface area contributed by atoms with Crippen molar-refractivity contribution < 1.29 is 14.3 Å². The molecule has 0 radical (unpaired) electrons. The van der Waals surface area contributed by atoms with Crippen LogP contribution in [0.5, 0.6) is 0 Å². The third kappa shape index (κ3) is 2.68. The van der Waals surface area contributed by atoms with Crippen molar-refractivity contribution in [3.05, 3.63) is 4.88 Å². The van der Waals surface area contributed by atoms with Gasteiger partial charge in [0.05, 0.1) is 13.2 Å². The SMILES string of the molecule is CNC(=O)C1COCCN1C(=O)c1sc(NC)nc1N. The van der Waals surface area contributed by atoms with Crippen LogP contribution in [0, 0.1) is 0 Å². The first kappa shape index (κ1) is 14.5. The van der Waals surface area contributed by atoms with Gasteiger partial charge in [-0.2, -0.15) is 0 Å². The third-order valence-electron chi connectivity index (χ3n) is 3.00. The largest absolute Gasteiger partial charge is 0.382 e. The summed E-state index contributed by atoms with van der Waals surface area (Å²) in [5, 5.41) is 5.94. The molecule has 4 N–H and O–H groups in total. The van der Waals surface area contributed by atoms with Crippen LogP contribution in [-0.2, 0) is 9.53 Å². The van der Waals surface area contributed by atoms with Crippen LogP contribution in [0.25, 0.3) is 0 Å². The maximum absolute atomic E-state index is 12.5. The number of nitrogens with two attached hydrogens (primary N) is 1. The van der Waals surface area contributed by atoms with Gasteiger partial charge in [-0.25, -0.2) is 4.98 Å². The number of carbonyl (C=O) groups is 2. The molecule has 1 fully saturated rings. The molecule has 110 valence electrons. The van der Waals surface area contributed by atoms with E-state index in [9.17, 15) is 9.59 Å². The van der Waals surface area contributed by atoms with Crippen LogP contribution in [0.15, 0.2) is 0 Å². The minimum absolute atomic E-state index is 0.173. The number of thiazole rings is 1. The number of aromatic nitrogens is 1. The van der Waals surface area contributed by atoms with Crippen molar-refractivity contribution in [2.75, 3.05) is 44.9 Å². The fourth-order valence-electron chi connectivity index (χ4n) is 1.95. The summed E-state index contributed by atoms with van der Waals surface area (Å²) < 4.78 is 5.27. The maximum atomic E-state index is 12.5. The predicted molar refractivity (Wildman–Crippen MR) is 75.8 cm³/mol. The van der Waals surface area contributed by atoms with Crippen LogP contribution in [0.1, 0.15) is 9.67 Å². The minimum atomic E-state index is -0.638. The van der Waals surface area contributed by atoms with Crippen molar-refractivity contribution in [2.45, 2.75) is 6.04 Å². The average molecular weight is 299 g/mol. The summed E-state index contributed by atoms with van der Waals surface area (Å²) in [6.45, 7) is 0.934. The highest BCUT2D eigenvalue weighted by molar-refractivity contribution is 7.18. The molecule has 9 heteroatoms. The number of hydrogen-bond acceptors (Lipinski definition) is 7. The summed E-state index contributed by atoms with van der Waals surface area (Å²) in [5.74, 6) is -0.375. The average Bonchev–Trinajstić information content (AvgIpc) is 2.86. The molecule has 1 unspecified atom stereocenters. The summed E-state index contributed by atoms with van der Waals surface area (Å²) >= 11 is 1.17. The first-order valence-corrected chi connectivity index (χ1v) is 6.94. The molecule has 1 aromatic heterocycles. The zero-order chi connectivity index (χ0) is 14.7. The molecular weight excluding hydrogens is 282 g/mol. The molecule has 0 spiro atoms. The molecule has 1 atom stereocenters. The van der Waals surface area contributed by atoms with E-state index in [2.05, 4.69) is 15.6 Å². The van der Waals surface area contributed by atoms with Gasteiger partial charge in [0, 0.05) is 20.6 Å². The molecule has 2 rings (SSSR count). The third-order valence-corrected chi connectivity index (χ3v) is 4.08. The number of morpholine rings is 1. The highest BCUT2D eigenvalue weighted by Crippen LogP contribution is 2.27. The van der Waals surface area contributed by atoms with Gasteiger partial charge in [-0.05, 0) is 0 Å². The van der Waals surface area contributed by atoms with Crippen LogP contribution in [0.4, 0.5) is 10.9 Å². The van der Waals surface area contributed by atoms with Crippen molar-refractivity contribution in [1.29, 1.82) is 0 Å².